The first-order valence-corrected chi connectivity index (χ1v) is 6.86. The van der Waals surface area contributed by atoms with Crippen LogP contribution in [-0.4, -0.2) is 41.1 Å². The Balaban J connectivity index is 1.76. The van der Waals surface area contributed by atoms with Gasteiger partial charge in [0.2, 0.25) is 5.91 Å². The summed E-state index contributed by atoms with van der Waals surface area (Å²) in [6.45, 7) is 1.35. The number of nitrogens with zero attached hydrogens (tertiary/aromatic N) is 1. The van der Waals surface area contributed by atoms with Gasteiger partial charge < -0.3 is 15.7 Å². The van der Waals surface area contributed by atoms with Crippen LogP contribution in [0.5, 0.6) is 0 Å². The second-order valence-corrected chi connectivity index (χ2v) is 5.62. The Morgan fingerprint density at radius 3 is 2.59 bits per heavy atom. The van der Waals surface area contributed by atoms with Crippen molar-refractivity contribution in [3.63, 3.8) is 0 Å². The second-order valence-electron chi connectivity index (χ2n) is 5.62. The number of hydrogen-bond acceptors (Lipinski definition) is 3. The highest BCUT2D eigenvalue weighted by atomic mass is 16.3. The van der Waals surface area contributed by atoms with Crippen molar-refractivity contribution < 1.29 is 9.90 Å². The fourth-order valence-electron chi connectivity index (χ4n) is 2.95. The molecule has 4 nitrogen and oxygen atoms in total. The van der Waals surface area contributed by atoms with E-state index in [9.17, 15) is 9.90 Å². The molecular weight excluding hydrogens is 216 g/mol. The van der Waals surface area contributed by atoms with Gasteiger partial charge in [-0.3, -0.25) is 4.79 Å². The highest BCUT2D eigenvalue weighted by Gasteiger charge is 2.26. The van der Waals surface area contributed by atoms with Crippen LogP contribution in [0.1, 0.15) is 44.9 Å². The van der Waals surface area contributed by atoms with Crippen molar-refractivity contribution in [2.75, 3.05) is 13.1 Å². The molecule has 2 rings (SSSR count). The summed E-state index contributed by atoms with van der Waals surface area (Å²) in [5.41, 5.74) is 5.86. The molecule has 17 heavy (non-hydrogen) atoms. The maximum Gasteiger partial charge on any atom is 0.222 e. The Labute approximate surface area is 103 Å². The van der Waals surface area contributed by atoms with Crippen molar-refractivity contribution in [3.05, 3.63) is 0 Å². The van der Waals surface area contributed by atoms with E-state index in [4.69, 9.17) is 5.73 Å². The van der Waals surface area contributed by atoms with Crippen molar-refractivity contribution in [1.29, 1.82) is 0 Å². The summed E-state index contributed by atoms with van der Waals surface area (Å²) in [7, 11) is 0. The van der Waals surface area contributed by atoms with E-state index in [1.54, 1.807) is 0 Å². The zero-order valence-electron chi connectivity index (χ0n) is 10.5. The van der Waals surface area contributed by atoms with Gasteiger partial charge in [0.05, 0.1) is 6.10 Å². The fraction of sp³-hybridized carbons (Fsp3) is 0.923. The predicted octanol–water partition coefficient (Wildman–Crippen LogP) is 0.877. The van der Waals surface area contributed by atoms with Gasteiger partial charge in [-0.05, 0) is 44.4 Å². The normalized spacial score (nSPS) is 34.7. The molecule has 1 saturated carbocycles. The van der Waals surface area contributed by atoms with E-state index >= 15 is 0 Å². The Bertz CT molecular complexity index is 262. The molecule has 1 amide bonds. The van der Waals surface area contributed by atoms with Gasteiger partial charge in [0.1, 0.15) is 0 Å². The highest BCUT2D eigenvalue weighted by molar-refractivity contribution is 5.76. The van der Waals surface area contributed by atoms with Crippen LogP contribution in [0.2, 0.25) is 0 Å². The van der Waals surface area contributed by atoms with E-state index in [-0.39, 0.29) is 12.0 Å². The standard InChI is InChI=1S/C13H24N2O2/c14-11-5-3-10(4-6-11)8-13(17)15-7-1-2-12(16)9-15/h10-12,16H,1-9,14H2. The number of likely N-dealkylation sites (tertiary alicyclic amines) is 1. The van der Waals surface area contributed by atoms with Crippen molar-refractivity contribution in [2.24, 2.45) is 11.7 Å². The van der Waals surface area contributed by atoms with Gasteiger partial charge in [-0.25, -0.2) is 0 Å². The average Bonchev–Trinajstić information content (AvgIpc) is 2.32. The third kappa shape index (κ3) is 3.68. The molecule has 0 aromatic rings. The lowest BCUT2D eigenvalue weighted by atomic mass is 9.84. The van der Waals surface area contributed by atoms with Gasteiger partial charge >= 0.3 is 0 Å². The number of carbonyl (C=O) groups excluding carboxylic acids is 1. The van der Waals surface area contributed by atoms with E-state index in [1.807, 2.05) is 4.90 Å². The van der Waals surface area contributed by atoms with Gasteiger partial charge in [-0.15, -0.1) is 0 Å². The summed E-state index contributed by atoms with van der Waals surface area (Å²) in [4.78, 5) is 13.9. The summed E-state index contributed by atoms with van der Waals surface area (Å²) in [6.07, 6.45) is 6.39. The molecule has 1 atom stereocenters. The summed E-state index contributed by atoms with van der Waals surface area (Å²) in [5, 5.41) is 9.56. The number of carbonyl (C=O) groups is 1. The summed E-state index contributed by atoms with van der Waals surface area (Å²) in [6, 6.07) is 0.346. The lowest BCUT2D eigenvalue weighted by Crippen LogP contribution is -2.43. The molecule has 0 bridgehead atoms. The quantitative estimate of drug-likeness (QED) is 0.753. The molecule has 0 aromatic carbocycles. The fourth-order valence-corrected chi connectivity index (χ4v) is 2.95. The molecule has 98 valence electrons. The SMILES string of the molecule is NC1CCC(CC(=O)N2CCCC(O)C2)CC1. The van der Waals surface area contributed by atoms with Crippen molar-refractivity contribution in [2.45, 2.75) is 57.1 Å². The van der Waals surface area contributed by atoms with Crippen LogP contribution >= 0.6 is 0 Å². The van der Waals surface area contributed by atoms with E-state index in [2.05, 4.69) is 0 Å². The molecule has 2 aliphatic rings. The highest BCUT2D eigenvalue weighted by Crippen LogP contribution is 2.27. The molecule has 1 unspecified atom stereocenters. The van der Waals surface area contributed by atoms with Crippen molar-refractivity contribution in [1.82, 2.24) is 4.90 Å². The van der Waals surface area contributed by atoms with Gasteiger partial charge in [0, 0.05) is 25.6 Å². The van der Waals surface area contributed by atoms with Gasteiger partial charge in [0.25, 0.3) is 0 Å². The largest absolute Gasteiger partial charge is 0.391 e. The number of amides is 1. The van der Waals surface area contributed by atoms with Crippen LogP contribution in [0.15, 0.2) is 0 Å². The predicted molar refractivity (Wildman–Crippen MR) is 66.4 cm³/mol. The second kappa shape index (κ2) is 5.83. The van der Waals surface area contributed by atoms with E-state index < -0.39 is 0 Å². The number of piperidine rings is 1. The minimum absolute atomic E-state index is 0.226. The Kier molecular flexibility index (Phi) is 4.40. The maximum atomic E-state index is 12.1. The first-order chi connectivity index (χ1) is 8.15. The molecule has 1 aliphatic heterocycles. The van der Waals surface area contributed by atoms with Crippen LogP contribution in [0.3, 0.4) is 0 Å². The van der Waals surface area contributed by atoms with E-state index in [0.717, 1.165) is 45.1 Å². The Morgan fingerprint density at radius 2 is 1.94 bits per heavy atom. The Hall–Kier alpha value is -0.610. The van der Waals surface area contributed by atoms with Crippen LogP contribution < -0.4 is 5.73 Å². The lowest BCUT2D eigenvalue weighted by Gasteiger charge is -2.32. The van der Waals surface area contributed by atoms with Gasteiger partial charge in [0.15, 0.2) is 0 Å². The summed E-state index contributed by atoms with van der Waals surface area (Å²) in [5.74, 6) is 0.741. The van der Waals surface area contributed by atoms with Crippen LogP contribution in [0.4, 0.5) is 0 Å². The first-order valence-electron chi connectivity index (χ1n) is 6.86. The lowest BCUT2D eigenvalue weighted by molar-refractivity contribution is -0.135. The van der Waals surface area contributed by atoms with Gasteiger partial charge in [-0.1, -0.05) is 0 Å². The first kappa shape index (κ1) is 12.8. The Morgan fingerprint density at radius 1 is 1.24 bits per heavy atom. The van der Waals surface area contributed by atoms with Crippen LogP contribution in [0, 0.1) is 5.92 Å². The molecule has 1 aliphatic carbocycles. The van der Waals surface area contributed by atoms with Crippen molar-refractivity contribution in [3.8, 4) is 0 Å². The number of aliphatic hydroxyl groups excluding tert-OH is 1. The zero-order valence-corrected chi connectivity index (χ0v) is 10.5. The molecule has 0 spiro atoms. The monoisotopic (exact) mass is 240 g/mol. The molecule has 1 saturated heterocycles. The zero-order chi connectivity index (χ0) is 12.3. The van der Waals surface area contributed by atoms with Gasteiger partial charge in [-0.2, -0.15) is 0 Å². The number of nitrogens with two attached hydrogens (primary N) is 1. The molecular formula is C13H24N2O2. The molecule has 1 heterocycles. The number of hydrogen-bond donors (Lipinski definition) is 2. The van der Waals surface area contributed by atoms with Crippen LogP contribution in [-0.2, 0) is 4.79 Å². The van der Waals surface area contributed by atoms with E-state index in [0.29, 0.717) is 24.9 Å². The maximum absolute atomic E-state index is 12.1. The smallest absolute Gasteiger partial charge is 0.222 e. The minimum Gasteiger partial charge on any atom is -0.391 e. The third-order valence-electron chi connectivity index (χ3n) is 4.10. The number of rotatable bonds is 2. The molecule has 2 fully saturated rings. The minimum atomic E-state index is -0.313. The molecule has 3 N–H and O–H groups in total. The molecule has 0 aromatic heterocycles. The third-order valence-corrected chi connectivity index (χ3v) is 4.10. The number of β-amino-alcohol motifs (C(OH)–C–C–N with tert-alkyl or cyclic N) is 1. The molecule has 0 radical (unpaired) electrons. The summed E-state index contributed by atoms with van der Waals surface area (Å²) >= 11 is 0. The summed E-state index contributed by atoms with van der Waals surface area (Å²) < 4.78 is 0. The number of aliphatic hydroxyl groups is 1. The van der Waals surface area contributed by atoms with Crippen molar-refractivity contribution >= 4 is 5.91 Å². The van der Waals surface area contributed by atoms with E-state index in [1.165, 1.54) is 0 Å². The average molecular weight is 240 g/mol. The molecule has 4 heteroatoms. The topological polar surface area (TPSA) is 66.6 Å². The van der Waals surface area contributed by atoms with Crippen LogP contribution in [0.25, 0.3) is 0 Å².